The van der Waals surface area contributed by atoms with E-state index in [1.54, 1.807) is 6.26 Å². The van der Waals surface area contributed by atoms with Gasteiger partial charge in [0.25, 0.3) is 0 Å². The summed E-state index contributed by atoms with van der Waals surface area (Å²) in [5.74, 6) is 0.958. The zero-order valence-corrected chi connectivity index (χ0v) is 7.08. The molecule has 0 aliphatic carbocycles. The van der Waals surface area contributed by atoms with E-state index >= 15 is 0 Å². The van der Waals surface area contributed by atoms with Crippen molar-refractivity contribution in [1.82, 2.24) is 5.32 Å². The Bertz CT molecular complexity index is 248. The molecule has 12 heavy (non-hydrogen) atoms. The van der Waals surface area contributed by atoms with E-state index in [-0.39, 0.29) is 5.92 Å². The van der Waals surface area contributed by atoms with Crippen LogP contribution in [-0.4, -0.2) is 6.54 Å². The molecular formula is C9H12N2O. The van der Waals surface area contributed by atoms with Crippen molar-refractivity contribution < 1.29 is 4.42 Å². The van der Waals surface area contributed by atoms with Crippen molar-refractivity contribution in [2.75, 3.05) is 6.54 Å². The smallest absolute Gasteiger partial charge is 0.117 e. The van der Waals surface area contributed by atoms with Crippen molar-refractivity contribution in [2.24, 2.45) is 5.92 Å². The topological polar surface area (TPSA) is 49.0 Å². The molecule has 1 atom stereocenters. The first-order valence-corrected chi connectivity index (χ1v) is 3.95. The summed E-state index contributed by atoms with van der Waals surface area (Å²) in [6.45, 7) is 3.28. The highest BCUT2D eigenvalue weighted by Gasteiger charge is 1.99. The number of furan rings is 1. The number of nitriles is 1. The normalized spacial score (nSPS) is 12.3. The number of rotatable bonds is 4. The average molecular weight is 164 g/mol. The SMILES string of the molecule is CC(C#N)CNCc1ccco1. The van der Waals surface area contributed by atoms with Crippen LogP contribution in [0.1, 0.15) is 12.7 Å². The molecule has 0 aromatic carbocycles. The molecule has 0 radical (unpaired) electrons. The molecule has 1 aromatic heterocycles. The van der Waals surface area contributed by atoms with Gasteiger partial charge in [0.2, 0.25) is 0 Å². The molecule has 0 amide bonds. The summed E-state index contributed by atoms with van der Waals surface area (Å²) >= 11 is 0. The van der Waals surface area contributed by atoms with E-state index < -0.39 is 0 Å². The van der Waals surface area contributed by atoms with Gasteiger partial charge in [0, 0.05) is 6.54 Å². The predicted octanol–water partition coefficient (Wildman–Crippen LogP) is 1.53. The summed E-state index contributed by atoms with van der Waals surface area (Å²) in [7, 11) is 0. The summed E-state index contributed by atoms with van der Waals surface area (Å²) < 4.78 is 5.10. The first-order valence-electron chi connectivity index (χ1n) is 3.95. The first-order chi connectivity index (χ1) is 5.83. The van der Waals surface area contributed by atoms with E-state index in [1.807, 2.05) is 19.1 Å². The van der Waals surface area contributed by atoms with Crippen LogP contribution in [0, 0.1) is 17.2 Å². The Balaban J connectivity index is 2.16. The van der Waals surface area contributed by atoms with E-state index in [4.69, 9.17) is 9.68 Å². The Labute approximate surface area is 72.0 Å². The molecule has 3 nitrogen and oxygen atoms in total. The minimum absolute atomic E-state index is 0.0555. The van der Waals surface area contributed by atoms with Crippen molar-refractivity contribution >= 4 is 0 Å². The van der Waals surface area contributed by atoms with Gasteiger partial charge in [0.15, 0.2) is 0 Å². The number of nitrogens with one attached hydrogen (secondary N) is 1. The third kappa shape index (κ3) is 2.77. The molecule has 1 rings (SSSR count). The van der Waals surface area contributed by atoms with Crippen LogP contribution < -0.4 is 5.32 Å². The highest BCUT2D eigenvalue weighted by Crippen LogP contribution is 1.98. The van der Waals surface area contributed by atoms with Crippen LogP contribution in [0.2, 0.25) is 0 Å². The Kier molecular flexibility index (Phi) is 3.36. The predicted molar refractivity (Wildman–Crippen MR) is 45.2 cm³/mol. The molecule has 1 aromatic rings. The zero-order valence-electron chi connectivity index (χ0n) is 7.08. The van der Waals surface area contributed by atoms with E-state index in [0.29, 0.717) is 13.1 Å². The van der Waals surface area contributed by atoms with Crippen LogP contribution in [0.15, 0.2) is 22.8 Å². The van der Waals surface area contributed by atoms with Crippen LogP contribution in [0.5, 0.6) is 0 Å². The van der Waals surface area contributed by atoms with Crippen LogP contribution in [-0.2, 0) is 6.54 Å². The van der Waals surface area contributed by atoms with Gasteiger partial charge in [0.1, 0.15) is 5.76 Å². The fourth-order valence-electron chi connectivity index (χ4n) is 0.871. The molecule has 3 heteroatoms. The van der Waals surface area contributed by atoms with Gasteiger partial charge in [-0.25, -0.2) is 0 Å². The minimum Gasteiger partial charge on any atom is -0.468 e. The Morgan fingerprint density at radius 1 is 1.75 bits per heavy atom. The van der Waals surface area contributed by atoms with Crippen molar-refractivity contribution in [3.63, 3.8) is 0 Å². The van der Waals surface area contributed by atoms with Crippen LogP contribution in [0.3, 0.4) is 0 Å². The molecule has 0 saturated carbocycles. The Hall–Kier alpha value is -1.27. The monoisotopic (exact) mass is 164 g/mol. The molecule has 0 bridgehead atoms. The third-order valence-electron chi connectivity index (χ3n) is 1.55. The second kappa shape index (κ2) is 4.58. The van der Waals surface area contributed by atoms with Gasteiger partial charge in [-0.15, -0.1) is 0 Å². The van der Waals surface area contributed by atoms with E-state index in [9.17, 15) is 0 Å². The maximum absolute atomic E-state index is 8.48. The second-order valence-electron chi connectivity index (χ2n) is 2.74. The second-order valence-corrected chi connectivity index (χ2v) is 2.74. The van der Waals surface area contributed by atoms with Gasteiger partial charge < -0.3 is 9.73 Å². The average Bonchev–Trinajstić information content (AvgIpc) is 2.57. The number of hydrogen-bond acceptors (Lipinski definition) is 3. The van der Waals surface area contributed by atoms with E-state index in [2.05, 4.69) is 11.4 Å². The first kappa shape index (κ1) is 8.82. The van der Waals surface area contributed by atoms with Crippen molar-refractivity contribution in [3.05, 3.63) is 24.2 Å². The highest BCUT2D eigenvalue weighted by molar-refractivity contribution is 4.97. The summed E-state index contributed by atoms with van der Waals surface area (Å²) in [5.41, 5.74) is 0. The summed E-state index contributed by atoms with van der Waals surface area (Å²) in [6, 6.07) is 5.91. The van der Waals surface area contributed by atoms with Crippen molar-refractivity contribution in [1.29, 1.82) is 5.26 Å². The maximum Gasteiger partial charge on any atom is 0.117 e. The van der Waals surface area contributed by atoms with Gasteiger partial charge >= 0.3 is 0 Å². The number of nitrogens with zero attached hydrogens (tertiary/aromatic N) is 1. The van der Waals surface area contributed by atoms with Gasteiger partial charge in [-0.2, -0.15) is 5.26 Å². The molecule has 64 valence electrons. The maximum atomic E-state index is 8.48. The van der Waals surface area contributed by atoms with E-state index in [1.165, 1.54) is 0 Å². The van der Waals surface area contributed by atoms with Gasteiger partial charge in [-0.05, 0) is 19.1 Å². The molecular weight excluding hydrogens is 152 g/mol. The fourth-order valence-corrected chi connectivity index (χ4v) is 0.871. The van der Waals surface area contributed by atoms with Crippen molar-refractivity contribution in [3.8, 4) is 6.07 Å². The number of hydrogen-bond donors (Lipinski definition) is 1. The molecule has 1 N–H and O–H groups in total. The van der Waals surface area contributed by atoms with Gasteiger partial charge in [-0.3, -0.25) is 0 Å². The van der Waals surface area contributed by atoms with Gasteiger partial charge in [-0.1, -0.05) is 0 Å². The zero-order chi connectivity index (χ0) is 8.81. The fraction of sp³-hybridized carbons (Fsp3) is 0.444. The standard InChI is InChI=1S/C9H12N2O/c1-8(5-10)6-11-7-9-3-2-4-12-9/h2-4,8,11H,6-7H2,1H3. The van der Waals surface area contributed by atoms with Gasteiger partial charge in [0.05, 0.1) is 24.8 Å². The molecule has 0 saturated heterocycles. The molecule has 0 fully saturated rings. The van der Waals surface area contributed by atoms with Crippen molar-refractivity contribution in [2.45, 2.75) is 13.5 Å². The lowest BCUT2D eigenvalue weighted by molar-refractivity contribution is 0.474. The molecule has 0 spiro atoms. The molecule has 0 aliphatic rings. The lowest BCUT2D eigenvalue weighted by Gasteiger charge is -2.02. The highest BCUT2D eigenvalue weighted by atomic mass is 16.3. The lowest BCUT2D eigenvalue weighted by atomic mass is 10.2. The van der Waals surface area contributed by atoms with Crippen LogP contribution >= 0.6 is 0 Å². The molecule has 0 aliphatic heterocycles. The van der Waals surface area contributed by atoms with E-state index in [0.717, 1.165) is 5.76 Å². The summed E-state index contributed by atoms with van der Waals surface area (Å²) in [4.78, 5) is 0. The Morgan fingerprint density at radius 3 is 3.17 bits per heavy atom. The molecule has 1 unspecified atom stereocenters. The lowest BCUT2D eigenvalue weighted by Crippen LogP contribution is -2.19. The summed E-state index contributed by atoms with van der Waals surface area (Å²) in [5, 5.41) is 11.6. The summed E-state index contributed by atoms with van der Waals surface area (Å²) in [6.07, 6.45) is 1.64. The Morgan fingerprint density at radius 2 is 2.58 bits per heavy atom. The van der Waals surface area contributed by atoms with Crippen LogP contribution in [0.25, 0.3) is 0 Å². The largest absolute Gasteiger partial charge is 0.468 e. The minimum atomic E-state index is 0.0555. The third-order valence-corrected chi connectivity index (χ3v) is 1.55. The quantitative estimate of drug-likeness (QED) is 0.734. The molecule has 1 heterocycles. The van der Waals surface area contributed by atoms with Crippen LogP contribution in [0.4, 0.5) is 0 Å².